The molecule has 0 saturated heterocycles. The molecular formula is C27H25F6N3O3. The molecule has 1 aromatic carbocycles. The van der Waals surface area contributed by atoms with Crippen LogP contribution in [0, 0.1) is 23.4 Å². The van der Waals surface area contributed by atoms with Crippen molar-refractivity contribution in [3.05, 3.63) is 77.0 Å². The van der Waals surface area contributed by atoms with E-state index in [4.69, 9.17) is 5.73 Å². The highest BCUT2D eigenvalue weighted by Crippen LogP contribution is 2.37. The third kappa shape index (κ3) is 6.56. The zero-order valence-electron chi connectivity index (χ0n) is 20.7. The fourth-order valence-electron chi connectivity index (χ4n) is 4.87. The molecule has 1 aliphatic carbocycles. The molecule has 208 valence electrons. The van der Waals surface area contributed by atoms with E-state index >= 15 is 0 Å². The maximum atomic E-state index is 14.7. The van der Waals surface area contributed by atoms with Crippen LogP contribution >= 0.6 is 0 Å². The molecule has 1 fully saturated rings. The predicted octanol–water partition coefficient (Wildman–Crippen LogP) is 5.13. The van der Waals surface area contributed by atoms with Crippen LogP contribution in [0.3, 0.4) is 0 Å². The van der Waals surface area contributed by atoms with E-state index in [1.807, 2.05) is 6.92 Å². The molecule has 3 aromatic rings. The second-order valence-electron chi connectivity index (χ2n) is 9.67. The van der Waals surface area contributed by atoms with E-state index in [2.05, 4.69) is 14.7 Å². The number of aromatic nitrogens is 2. The minimum atomic E-state index is -4.73. The minimum absolute atomic E-state index is 0.0396. The first kappa shape index (κ1) is 28.5. The van der Waals surface area contributed by atoms with Crippen molar-refractivity contribution in [2.24, 2.45) is 11.7 Å². The molecule has 2 aromatic heterocycles. The molecular weight excluding hydrogens is 528 g/mol. The van der Waals surface area contributed by atoms with Gasteiger partial charge >= 0.3 is 6.18 Å². The number of rotatable bonds is 7. The number of nitrogens with two attached hydrogens (primary N) is 1. The summed E-state index contributed by atoms with van der Waals surface area (Å²) in [6.45, 7) is 0.115. The standard InChI is InChI=1S/C27H25F6N3O3/c1-13-6-14(7-21(34)26(13)38)17-4-5-35-11-15(17)8-23(37)22-3-2-18(28)25(36-22)24-19(29)9-16(10-20(24)30)39-12-27(31,32)33/h2-5,9-11,13-14,21,26,38H,6-8,12,34H2,1H3/t13-,14+,21+,26+/m0/s1. The van der Waals surface area contributed by atoms with Crippen molar-refractivity contribution in [2.45, 2.75) is 50.4 Å². The van der Waals surface area contributed by atoms with Crippen molar-refractivity contribution in [1.82, 2.24) is 9.97 Å². The number of carbonyl (C=O) groups excluding carboxylic acids is 1. The van der Waals surface area contributed by atoms with Gasteiger partial charge < -0.3 is 15.6 Å². The van der Waals surface area contributed by atoms with E-state index in [1.54, 1.807) is 12.3 Å². The molecule has 39 heavy (non-hydrogen) atoms. The van der Waals surface area contributed by atoms with Crippen LogP contribution in [0.25, 0.3) is 11.3 Å². The van der Waals surface area contributed by atoms with Crippen LogP contribution in [0.2, 0.25) is 0 Å². The number of pyridine rings is 2. The van der Waals surface area contributed by atoms with Crippen LogP contribution < -0.4 is 10.5 Å². The summed E-state index contributed by atoms with van der Waals surface area (Å²) in [4.78, 5) is 21.1. The number of nitrogens with zero attached hydrogens (tertiary/aromatic N) is 2. The first-order valence-corrected chi connectivity index (χ1v) is 12.1. The van der Waals surface area contributed by atoms with Crippen molar-refractivity contribution in [3.63, 3.8) is 0 Å². The molecule has 3 N–H and O–H groups in total. The van der Waals surface area contributed by atoms with Crippen molar-refractivity contribution >= 4 is 5.78 Å². The summed E-state index contributed by atoms with van der Waals surface area (Å²) < 4.78 is 85.5. The quantitative estimate of drug-likeness (QED) is 0.311. The Morgan fingerprint density at radius 2 is 1.79 bits per heavy atom. The summed E-state index contributed by atoms with van der Waals surface area (Å²) in [5, 5.41) is 10.2. The smallest absolute Gasteiger partial charge is 0.422 e. The lowest BCUT2D eigenvalue weighted by Gasteiger charge is -2.36. The summed E-state index contributed by atoms with van der Waals surface area (Å²) in [6.07, 6.45) is -1.34. The maximum absolute atomic E-state index is 14.7. The van der Waals surface area contributed by atoms with Gasteiger partial charge in [0.05, 0.1) is 11.7 Å². The van der Waals surface area contributed by atoms with E-state index < -0.39 is 65.2 Å². The third-order valence-electron chi connectivity index (χ3n) is 6.75. The molecule has 1 saturated carbocycles. The lowest BCUT2D eigenvalue weighted by molar-refractivity contribution is -0.153. The highest BCUT2D eigenvalue weighted by atomic mass is 19.4. The molecule has 2 heterocycles. The van der Waals surface area contributed by atoms with Gasteiger partial charge in [0.25, 0.3) is 0 Å². The number of ketones is 1. The van der Waals surface area contributed by atoms with Crippen LogP contribution in [0.15, 0.2) is 42.7 Å². The zero-order valence-corrected chi connectivity index (χ0v) is 20.7. The molecule has 0 bridgehead atoms. The number of ether oxygens (including phenoxy) is 1. The first-order chi connectivity index (χ1) is 18.3. The van der Waals surface area contributed by atoms with Gasteiger partial charge in [-0.25, -0.2) is 18.2 Å². The topological polar surface area (TPSA) is 98.3 Å². The van der Waals surface area contributed by atoms with Gasteiger partial charge in [0.2, 0.25) is 0 Å². The first-order valence-electron chi connectivity index (χ1n) is 12.1. The van der Waals surface area contributed by atoms with E-state index in [0.29, 0.717) is 30.5 Å². The Balaban J connectivity index is 1.60. The molecule has 4 rings (SSSR count). The molecule has 1 aliphatic rings. The number of hydrogen-bond acceptors (Lipinski definition) is 6. The molecule has 0 radical (unpaired) electrons. The monoisotopic (exact) mass is 553 g/mol. The third-order valence-corrected chi connectivity index (χ3v) is 6.75. The predicted molar refractivity (Wildman–Crippen MR) is 128 cm³/mol. The van der Waals surface area contributed by atoms with Crippen molar-refractivity contribution in [3.8, 4) is 17.0 Å². The van der Waals surface area contributed by atoms with E-state index in [1.165, 1.54) is 6.20 Å². The van der Waals surface area contributed by atoms with Crippen LogP contribution in [0.4, 0.5) is 26.3 Å². The molecule has 12 heteroatoms. The number of aliphatic hydroxyl groups is 1. The Bertz CT molecular complexity index is 1330. The molecule has 4 atom stereocenters. The minimum Gasteiger partial charge on any atom is -0.484 e. The van der Waals surface area contributed by atoms with Gasteiger partial charge in [0.15, 0.2) is 12.4 Å². The Hall–Kier alpha value is -3.51. The second kappa shape index (κ2) is 11.3. The fourth-order valence-corrected chi connectivity index (χ4v) is 4.87. The van der Waals surface area contributed by atoms with E-state index in [0.717, 1.165) is 17.7 Å². The van der Waals surface area contributed by atoms with Gasteiger partial charge in [-0.05, 0) is 54.0 Å². The summed E-state index contributed by atoms with van der Waals surface area (Å²) in [5.74, 6) is -5.39. The van der Waals surface area contributed by atoms with Crippen LogP contribution in [0.5, 0.6) is 5.75 Å². The zero-order chi connectivity index (χ0) is 28.5. The lowest BCUT2D eigenvalue weighted by Crippen LogP contribution is -2.44. The number of benzene rings is 1. The Morgan fingerprint density at radius 3 is 2.44 bits per heavy atom. The number of halogens is 6. The highest BCUT2D eigenvalue weighted by molar-refractivity contribution is 5.96. The highest BCUT2D eigenvalue weighted by Gasteiger charge is 2.34. The Morgan fingerprint density at radius 1 is 1.10 bits per heavy atom. The second-order valence-corrected chi connectivity index (χ2v) is 9.67. The molecule has 6 nitrogen and oxygen atoms in total. The van der Waals surface area contributed by atoms with Crippen LogP contribution in [-0.2, 0) is 6.42 Å². The van der Waals surface area contributed by atoms with Gasteiger partial charge in [-0.1, -0.05) is 6.92 Å². The van der Waals surface area contributed by atoms with E-state index in [-0.39, 0.29) is 24.0 Å². The van der Waals surface area contributed by atoms with Gasteiger partial charge in [-0.3, -0.25) is 9.78 Å². The molecule has 0 spiro atoms. The summed E-state index contributed by atoms with van der Waals surface area (Å²) in [7, 11) is 0. The van der Waals surface area contributed by atoms with Gasteiger partial charge in [-0.15, -0.1) is 0 Å². The lowest BCUT2D eigenvalue weighted by atomic mass is 9.74. The maximum Gasteiger partial charge on any atom is 0.422 e. The largest absolute Gasteiger partial charge is 0.484 e. The Labute approximate surface area is 219 Å². The van der Waals surface area contributed by atoms with Gasteiger partial charge in [-0.2, -0.15) is 13.2 Å². The summed E-state index contributed by atoms with van der Waals surface area (Å²) >= 11 is 0. The average molecular weight is 554 g/mol. The Kier molecular flexibility index (Phi) is 8.26. The number of carbonyl (C=O) groups is 1. The molecule has 0 unspecified atom stereocenters. The average Bonchev–Trinajstić information content (AvgIpc) is 2.86. The molecule has 0 aliphatic heterocycles. The number of alkyl halides is 3. The van der Waals surface area contributed by atoms with Gasteiger partial charge in [0, 0.05) is 37.0 Å². The molecule has 0 amide bonds. The summed E-state index contributed by atoms with van der Waals surface area (Å²) in [5.41, 5.74) is 5.44. The summed E-state index contributed by atoms with van der Waals surface area (Å²) in [6, 6.07) is 4.19. The van der Waals surface area contributed by atoms with Crippen molar-refractivity contribution < 1.29 is 41.0 Å². The van der Waals surface area contributed by atoms with Gasteiger partial charge in [0.1, 0.15) is 34.6 Å². The van der Waals surface area contributed by atoms with Crippen molar-refractivity contribution in [1.29, 1.82) is 0 Å². The number of aliphatic hydroxyl groups excluding tert-OH is 1. The van der Waals surface area contributed by atoms with Crippen LogP contribution in [-0.4, -0.2) is 45.8 Å². The SMILES string of the molecule is C[C@H]1C[C@@H](c2ccncc2CC(=O)c2ccc(F)c(-c3c(F)cc(OCC(F)(F)F)cc3F)n2)C[C@@H](N)[C@@H]1O. The van der Waals surface area contributed by atoms with Crippen LogP contribution in [0.1, 0.15) is 47.3 Å². The number of hydrogen-bond donors (Lipinski definition) is 2. The number of Topliss-reactive ketones (excluding diaryl/α,β-unsaturated/α-hetero) is 1. The van der Waals surface area contributed by atoms with Crippen molar-refractivity contribution in [2.75, 3.05) is 6.61 Å². The van der Waals surface area contributed by atoms with E-state index in [9.17, 15) is 36.2 Å². The normalized spacial score (nSPS) is 21.6. The fraction of sp³-hybridized carbons (Fsp3) is 0.370.